The lowest BCUT2D eigenvalue weighted by Gasteiger charge is -2.25. The molecule has 2 heterocycles. The van der Waals surface area contributed by atoms with Crippen LogP contribution in [0.5, 0.6) is 0 Å². The molecule has 1 saturated heterocycles. The molecule has 2 rings (SSSR count). The van der Waals surface area contributed by atoms with Crippen molar-refractivity contribution in [3.05, 3.63) is 16.7 Å². The number of aromatic amines is 1. The Hall–Kier alpha value is -0.260. The highest BCUT2D eigenvalue weighted by atomic mass is 32.2. The van der Waals surface area contributed by atoms with Gasteiger partial charge in [0.15, 0.2) is 4.77 Å². The lowest BCUT2D eigenvalue weighted by atomic mass is 10.4. The van der Waals surface area contributed by atoms with Crippen molar-refractivity contribution < 1.29 is 0 Å². The number of imidazole rings is 1. The fourth-order valence-corrected chi connectivity index (χ4v) is 3.09. The van der Waals surface area contributed by atoms with Crippen LogP contribution in [0.1, 0.15) is 5.69 Å². The van der Waals surface area contributed by atoms with Crippen molar-refractivity contribution >= 4 is 24.0 Å². The lowest BCUT2D eigenvalue weighted by molar-refractivity contribution is 0.289. The fraction of sp³-hybridized carbons (Fsp3) is 0.700. The Balaban J connectivity index is 1.87. The van der Waals surface area contributed by atoms with E-state index in [1.807, 2.05) is 6.92 Å². The minimum absolute atomic E-state index is 0.846. The zero-order chi connectivity index (χ0) is 10.7. The van der Waals surface area contributed by atoms with Crippen molar-refractivity contribution in [1.29, 1.82) is 0 Å². The Morgan fingerprint density at radius 3 is 2.73 bits per heavy atom. The number of hydrogen-bond acceptors (Lipinski definition) is 3. The first-order valence-electron chi connectivity index (χ1n) is 5.32. The summed E-state index contributed by atoms with van der Waals surface area (Å²) in [6.07, 6.45) is 2.10. The number of aromatic nitrogens is 2. The van der Waals surface area contributed by atoms with E-state index in [-0.39, 0.29) is 0 Å². The van der Waals surface area contributed by atoms with Gasteiger partial charge in [-0.25, -0.2) is 0 Å². The first-order valence-corrected chi connectivity index (χ1v) is 6.88. The van der Waals surface area contributed by atoms with Gasteiger partial charge >= 0.3 is 0 Å². The van der Waals surface area contributed by atoms with Crippen LogP contribution in [0.25, 0.3) is 0 Å². The molecule has 1 aliphatic rings. The zero-order valence-electron chi connectivity index (χ0n) is 9.03. The molecule has 5 heteroatoms. The Morgan fingerprint density at radius 1 is 1.40 bits per heavy atom. The summed E-state index contributed by atoms with van der Waals surface area (Å²) in [4.78, 5) is 5.66. The number of thioether (sulfide) groups is 1. The molecule has 1 fully saturated rings. The molecule has 15 heavy (non-hydrogen) atoms. The Morgan fingerprint density at radius 2 is 2.13 bits per heavy atom. The highest BCUT2D eigenvalue weighted by Gasteiger charge is 2.09. The molecule has 0 radical (unpaired) electrons. The minimum Gasteiger partial charge on any atom is -0.335 e. The maximum absolute atomic E-state index is 5.22. The summed E-state index contributed by atoms with van der Waals surface area (Å²) < 4.78 is 2.98. The number of hydrogen-bond donors (Lipinski definition) is 1. The van der Waals surface area contributed by atoms with Crippen molar-refractivity contribution in [1.82, 2.24) is 14.5 Å². The van der Waals surface area contributed by atoms with E-state index in [1.54, 1.807) is 0 Å². The van der Waals surface area contributed by atoms with E-state index in [9.17, 15) is 0 Å². The number of aryl methyl sites for hydroxylation is 1. The van der Waals surface area contributed by atoms with E-state index in [1.165, 1.54) is 24.6 Å². The van der Waals surface area contributed by atoms with Gasteiger partial charge in [-0.05, 0) is 19.1 Å². The number of rotatable bonds is 3. The SMILES string of the molecule is Cc1cn(CCN2CCSCC2)c(=S)[nH]1. The van der Waals surface area contributed by atoms with Crippen molar-refractivity contribution in [2.75, 3.05) is 31.1 Å². The van der Waals surface area contributed by atoms with Gasteiger partial charge in [-0.1, -0.05) is 0 Å². The standard InChI is InChI=1S/C10H17N3S2/c1-9-8-13(10(14)11-9)3-2-12-4-6-15-7-5-12/h8H,2-7H2,1H3,(H,11,14). The third kappa shape index (κ3) is 3.09. The monoisotopic (exact) mass is 243 g/mol. The molecule has 0 unspecified atom stereocenters. The fourth-order valence-electron chi connectivity index (χ4n) is 1.81. The molecule has 1 aromatic rings. The molecule has 0 saturated carbocycles. The maximum Gasteiger partial charge on any atom is 0.177 e. The molecule has 0 spiro atoms. The van der Waals surface area contributed by atoms with E-state index in [0.29, 0.717) is 0 Å². The molecule has 3 nitrogen and oxygen atoms in total. The van der Waals surface area contributed by atoms with Gasteiger partial charge in [-0.15, -0.1) is 0 Å². The van der Waals surface area contributed by atoms with Crippen LogP contribution in [0.2, 0.25) is 0 Å². The molecular formula is C10H17N3S2. The van der Waals surface area contributed by atoms with Crippen molar-refractivity contribution in [2.24, 2.45) is 0 Å². The summed E-state index contributed by atoms with van der Waals surface area (Å²) in [6, 6.07) is 0. The van der Waals surface area contributed by atoms with Gasteiger partial charge in [-0.3, -0.25) is 4.90 Å². The van der Waals surface area contributed by atoms with Crippen molar-refractivity contribution in [2.45, 2.75) is 13.5 Å². The Bertz CT molecular complexity index is 363. The summed E-state index contributed by atoms with van der Waals surface area (Å²) >= 11 is 7.28. The second kappa shape index (κ2) is 5.18. The largest absolute Gasteiger partial charge is 0.335 e. The number of nitrogens with zero attached hydrogens (tertiary/aromatic N) is 2. The summed E-state index contributed by atoms with van der Waals surface area (Å²) in [6.45, 7) is 6.62. The summed E-state index contributed by atoms with van der Waals surface area (Å²) in [5, 5.41) is 0. The van der Waals surface area contributed by atoms with E-state index in [4.69, 9.17) is 12.2 Å². The van der Waals surface area contributed by atoms with Gasteiger partial charge in [0.2, 0.25) is 0 Å². The topological polar surface area (TPSA) is 24.0 Å². The third-order valence-corrected chi connectivity index (χ3v) is 3.95. The van der Waals surface area contributed by atoms with E-state index in [0.717, 1.165) is 23.6 Å². The highest BCUT2D eigenvalue weighted by molar-refractivity contribution is 7.99. The molecule has 0 aromatic carbocycles. The Kier molecular flexibility index (Phi) is 3.88. The van der Waals surface area contributed by atoms with Crippen LogP contribution in [0.3, 0.4) is 0 Å². The molecule has 0 bridgehead atoms. The molecule has 0 aliphatic carbocycles. The summed E-state index contributed by atoms with van der Waals surface area (Å²) in [5.41, 5.74) is 1.15. The quantitative estimate of drug-likeness (QED) is 0.821. The van der Waals surface area contributed by atoms with Crippen LogP contribution in [0.15, 0.2) is 6.20 Å². The molecule has 1 aromatic heterocycles. The summed E-state index contributed by atoms with van der Waals surface area (Å²) in [7, 11) is 0. The van der Waals surface area contributed by atoms with Crippen LogP contribution < -0.4 is 0 Å². The predicted octanol–water partition coefficient (Wildman–Crippen LogP) is 1.90. The maximum atomic E-state index is 5.22. The smallest absolute Gasteiger partial charge is 0.177 e. The van der Waals surface area contributed by atoms with Crippen LogP contribution in [-0.2, 0) is 6.54 Å². The van der Waals surface area contributed by atoms with Crippen LogP contribution in [0, 0.1) is 11.7 Å². The van der Waals surface area contributed by atoms with Crippen LogP contribution >= 0.6 is 24.0 Å². The van der Waals surface area contributed by atoms with E-state index in [2.05, 4.69) is 32.4 Å². The molecule has 1 N–H and O–H groups in total. The van der Waals surface area contributed by atoms with Gasteiger partial charge in [-0.2, -0.15) is 11.8 Å². The summed E-state index contributed by atoms with van der Waals surface area (Å²) in [5.74, 6) is 2.55. The normalized spacial score (nSPS) is 18.2. The zero-order valence-corrected chi connectivity index (χ0v) is 10.7. The van der Waals surface area contributed by atoms with Gasteiger partial charge in [0.25, 0.3) is 0 Å². The molecular weight excluding hydrogens is 226 g/mol. The number of H-pyrrole nitrogens is 1. The van der Waals surface area contributed by atoms with Crippen molar-refractivity contribution in [3.63, 3.8) is 0 Å². The first kappa shape index (κ1) is 11.2. The van der Waals surface area contributed by atoms with Gasteiger partial charge in [0.05, 0.1) is 0 Å². The van der Waals surface area contributed by atoms with Gasteiger partial charge in [0, 0.05) is 49.6 Å². The molecule has 1 aliphatic heterocycles. The second-order valence-electron chi connectivity index (χ2n) is 3.89. The van der Waals surface area contributed by atoms with Gasteiger partial charge in [0.1, 0.15) is 0 Å². The second-order valence-corrected chi connectivity index (χ2v) is 5.50. The molecule has 84 valence electrons. The van der Waals surface area contributed by atoms with E-state index < -0.39 is 0 Å². The molecule has 0 amide bonds. The van der Waals surface area contributed by atoms with Crippen molar-refractivity contribution in [3.8, 4) is 0 Å². The highest BCUT2D eigenvalue weighted by Crippen LogP contribution is 2.09. The van der Waals surface area contributed by atoms with Gasteiger partial charge < -0.3 is 9.55 Å². The van der Waals surface area contributed by atoms with Crippen LogP contribution in [-0.4, -0.2) is 45.6 Å². The number of nitrogens with one attached hydrogen (secondary N) is 1. The predicted molar refractivity (Wildman–Crippen MR) is 68.1 cm³/mol. The van der Waals surface area contributed by atoms with E-state index >= 15 is 0 Å². The van der Waals surface area contributed by atoms with Crippen LogP contribution in [0.4, 0.5) is 0 Å². The molecule has 0 atom stereocenters. The Labute approximate surface area is 99.9 Å². The lowest BCUT2D eigenvalue weighted by Crippen LogP contribution is -2.35. The minimum atomic E-state index is 0.846. The average Bonchev–Trinajstić information content (AvgIpc) is 2.56. The average molecular weight is 243 g/mol. The third-order valence-electron chi connectivity index (χ3n) is 2.68. The first-order chi connectivity index (χ1) is 7.25.